The van der Waals surface area contributed by atoms with E-state index < -0.39 is 0 Å². The van der Waals surface area contributed by atoms with Crippen molar-refractivity contribution in [2.24, 2.45) is 0 Å². The first-order chi connectivity index (χ1) is 14.0. The maximum absolute atomic E-state index is 12.3. The van der Waals surface area contributed by atoms with Gasteiger partial charge in [-0.25, -0.2) is 0 Å². The lowest BCUT2D eigenvalue weighted by Gasteiger charge is -2.21. The quantitative estimate of drug-likeness (QED) is 0.597. The van der Waals surface area contributed by atoms with Crippen LogP contribution in [0.2, 0.25) is 5.02 Å². The second kappa shape index (κ2) is 9.71. The third-order valence-corrected chi connectivity index (χ3v) is 4.70. The first-order valence-electron chi connectivity index (χ1n) is 9.02. The van der Waals surface area contributed by atoms with Crippen molar-refractivity contribution in [1.29, 1.82) is 0 Å². The van der Waals surface area contributed by atoms with Crippen molar-refractivity contribution in [2.75, 3.05) is 28.1 Å². The first kappa shape index (κ1) is 21.1. The van der Waals surface area contributed by atoms with E-state index in [1.54, 1.807) is 33.5 Å². The van der Waals surface area contributed by atoms with Crippen LogP contribution in [0, 0.1) is 0 Å². The Labute approximate surface area is 174 Å². The maximum Gasteiger partial charge on any atom is 0.306 e. The van der Waals surface area contributed by atoms with Crippen LogP contribution in [0.5, 0.6) is 23.0 Å². The highest BCUT2D eigenvalue weighted by atomic mass is 35.5. The molecule has 0 spiro atoms. The smallest absolute Gasteiger partial charge is 0.306 e. The molecule has 8 heteroatoms. The molecule has 0 saturated heterocycles. The third kappa shape index (κ3) is 5.05. The van der Waals surface area contributed by atoms with Crippen molar-refractivity contribution in [3.05, 3.63) is 46.0 Å². The van der Waals surface area contributed by atoms with Crippen LogP contribution in [-0.4, -0.2) is 34.1 Å². The fraction of sp³-hybridized carbons (Fsp3) is 0.381. The molecule has 1 heterocycles. The summed E-state index contributed by atoms with van der Waals surface area (Å²) in [6, 6.07) is 7.15. The summed E-state index contributed by atoms with van der Waals surface area (Å²) in [6.45, 7) is 0.658. The number of benzene rings is 2. The zero-order valence-corrected chi connectivity index (χ0v) is 17.3. The second-order valence-corrected chi connectivity index (χ2v) is 6.79. The van der Waals surface area contributed by atoms with Crippen molar-refractivity contribution >= 4 is 17.6 Å². The Kier molecular flexibility index (Phi) is 7.06. The van der Waals surface area contributed by atoms with Crippen molar-refractivity contribution in [2.45, 2.75) is 26.1 Å². The number of aryl methyl sites for hydroxylation is 1. The summed E-state index contributed by atoms with van der Waals surface area (Å²) >= 11 is 6.13. The minimum atomic E-state index is -0.334. The highest BCUT2D eigenvalue weighted by Gasteiger charge is 2.18. The van der Waals surface area contributed by atoms with Gasteiger partial charge in [0.25, 0.3) is 0 Å². The summed E-state index contributed by atoms with van der Waals surface area (Å²) in [4.78, 5) is 12.3. The molecule has 0 aromatic heterocycles. The lowest BCUT2D eigenvalue weighted by atomic mass is 10.1. The van der Waals surface area contributed by atoms with Crippen LogP contribution in [0.1, 0.15) is 23.1 Å². The summed E-state index contributed by atoms with van der Waals surface area (Å²) < 4.78 is 32.2. The molecule has 7 nitrogen and oxygen atoms in total. The van der Waals surface area contributed by atoms with Crippen molar-refractivity contribution < 1.29 is 33.2 Å². The zero-order chi connectivity index (χ0) is 20.8. The van der Waals surface area contributed by atoms with Gasteiger partial charge in [0.05, 0.1) is 27.9 Å². The monoisotopic (exact) mass is 422 g/mol. The third-order valence-electron chi connectivity index (χ3n) is 4.48. The number of carbonyl (C=O) groups excluding carboxylic acids is 1. The number of fused-ring (bicyclic) bond motifs is 1. The molecule has 0 aliphatic carbocycles. The molecule has 0 N–H and O–H groups in total. The van der Waals surface area contributed by atoms with Gasteiger partial charge in [0, 0.05) is 22.6 Å². The average molecular weight is 423 g/mol. The van der Waals surface area contributed by atoms with Crippen LogP contribution in [0.4, 0.5) is 0 Å². The topological polar surface area (TPSA) is 72.5 Å². The molecule has 1 aliphatic heterocycles. The van der Waals surface area contributed by atoms with Crippen LogP contribution < -0.4 is 18.9 Å². The van der Waals surface area contributed by atoms with Gasteiger partial charge in [-0.2, -0.15) is 0 Å². The SMILES string of the molecule is COc1cc(CCC(=O)OCc2cc(Cl)cc3c2OCOC3)cc(OC)c1OC. The van der Waals surface area contributed by atoms with Crippen LogP contribution in [0.3, 0.4) is 0 Å². The lowest BCUT2D eigenvalue weighted by Crippen LogP contribution is -2.14. The predicted octanol–water partition coefficient (Wildman–Crippen LogP) is 3.91. The fourth-order valence-electron chi connectivity index (χ4n) is 3.12. The average Bonchev–Trinajstić information content (AvgIpc) is 2.74. The Morgan fingerprint density at radius 3 is 2.45 bits per heavy atom. The number of rotatable bonds is 8. The van der Waals surface area contributed by atoms with Gasteiger partial charge in [-0.15, -0.1) is 0 Å². The molecule has 156 valence electrons. The van der Waals surface area contributed by atoms with Crippen LogP contribution >= 0.6 is 11.6 Å². The van der Waals surface area contributed by atoms with Crippen LogP contribution in [0.15, 0.2) is 24.3 Å². The molecule has 0 saturated carbocycles. The number of halogens is 1. The molecule has 0 amide bonds. The number of hydrogen-bond donors (Lipinski definition) is 0. The van der Waals surface area contributed by atoms with E-state index in [4.69, 9.17) is 40.0 Å². The molecule has 1 aliphatic rings. The molecule has 0 atom stereocenters. The Hall–Kier alpha value is -2.64. The van der Waals surface area contributed by atoms with Crippen molar-refractivity contribution in [3.63, 3.8) is 0 Å². The highest BCUT2D eigenvalue weighted by Crippen LogP contribution is 2.38. The van der Waals surface area contributed by atoms with Gasteiger partial charge in [-0.05, 0) is 36.2 Å². The summed E-state index contributed by atoms with van der Waals surface area (Å²) in [5.41, 5.74) is 2.43. The molecule has 0 unspecified atom stereocenters. The summed E-state index contributed by atoms with van der Waals surface area (Å²) in [5, 5.41) is 0.543. The van der Waals surface area contributed by atoms with Gasteiger partial charge in [0.15, 0.2) is 18.3 Å². The molecule has 0 radical (unpaired) electrons. The normalized spacial score (nSPS) is 12.6. The molecule has 29 heavy (non-hydrogen) atoms. The van der Waals surface area contributed by atoms with Crippen molar-refractivity contribution in [1.82, 2.24) is 0 Å². The van der Waals surface area contributed by atoms with Crippen LogP contribution in [-0.2, 0) is 33.9 Å². The molecule has 0 fully saturated rings. The van der Waals surface area contributed by atoms with E-state index in [0.717, 1.165) is 16.7 Å². The number of carbonyl (C=O) groups is 1. The second-order valence-electron chi connectivity index (χ2n) is 6.36. The molecular formula is C21H23ClO7. The van der Waals surface area contributed by atoms with Crippen LogP contribution in [0.25, 0.3) is 0 Å². The number of methoxy groups -OCH3 is 3. The molecule has 2 aromatic rings. The minimum absolute atomic E-state index is 0.0803. The highest BCUT2D eigenvalue weighted by molar-refractivity contribution is 6.30. The summed E-state index contributed by atoms with van der Waals surface area (Å²) in [6.07, 6.45) is 0.666. The zero-order valence-electron chi connectivity index (χ0n) is 16.6. The predicted molar refractivity (Wildman–Crippen MR) is 106 cm³/mol. The van der Waals surface area contributed by atoms with E-state index in [2.05, 4.69) is 0 Å². The minimum Gasteiger partial charge on any atom is -0.493 e. The maximum atomic E-state index is 12.3. The van der Waals surface area contributed by atoms with Gasteiger partial charge in [0.2, 0.25) is 5.75 Å². The summed E-state index contributed by atoms with van der Waals surface area (Å²) in [5.74, 6) is 1.92. The number of hydrogen-bond acceptors (Lipinski definition) is 7. The number of esters is 1. The van der Waals surface area contributed by atoms with Gasteiger partial charge in [0.1, 0.15) is 12.4 Å². The van der Waals surface area contributed by atoms with Gasteiger partial charge in [-0.3, -0.25) is 4.79 Å². The van der Waals surface area contributed by atoms with Gasteiger partial charge in [-0.1, -0.05) is 11.6 Å². The van der Waals surface area contributed by atoms with E-state index in [0.29, 0.717) is 41.0 Å². The van der Waals surface area contributed by atoms with E-state index in [1.165, 1.54) is 0 Å². The van der Waals surface area contributed by atoms with E-state index >= 15 is 0 Å². The Balaban J connectivity index is 1.62. The number of ether oxygens (including phenoxy) is 6. The standard InChI is InChI=1S/C21H23ClO7/c1-24-17-6-13(7-18(25-2)21(17)26-3)4-5-19(23)28-11-15-9-16(22)8-14-10-27-12-29-20(14)15/h6-9H,4-5,10-12H2,1-3H3. The molecule has 0 bridgehead atoms. The van der Waals surface area contributed by atoms with Gasteiger partial charge >= 0.3 is 5.97 Å². The molecule has 3 rings (SSSR count). The van der Waals surface area contributed by atoms with Crippen molar-refractivity contribution in [3.8, 4) is 23.0 Å². The Morgan fingerprint density at radius 2 is 1.79 bits per heavy atom. The largest absolute Gasteiger partial charge is 0.493 e. The Bertz CT molecular complexity index is 857. The summed E-state index contributed by atoms with van der Waals surface area (Å²) in [7, 11) is 4.64. The van der Waals surface area contributed by atoms with E-state index in [1.807, 2.05) is 12.1 Å². The van der Waals surface area contributed by atoms with Gasteiger partial charge < -0.3 is 28.4 Å². The first-order valence-corrected chi connectivity index (χ1v) is 9.39. The van der Waals surface area contributed by atoms with E-state index in [-0.39, 0.29) is 25.8 Å². The van der Waals surface area contributed by atoms with E-state index in [9.17, 15) is 4.79 Å². The fourth-order valence-corrected chi connectivity index (χ4v) is 3.38. The molecular weight excluding hydrogens is 400 g/mol. The lowest BCUT2D eigenvalue weighted by molar-refractivity contribution is -0.145. The molecule has 2 aromatic carbocycles. The Morgan fingerprint density at radius 1 is 1.07 bits per heavy atom.